The first kappa shape index (κ1) is 24.5. The lowest BCUT2D eigenvalue weighted by molar-refractivity contribution is -0.385. The minimum atomic E-state index is -1.01. The summed E-state index contributed by atoms with van der Waals surface area (Å²) in [6.07, 6.45) is 0.730. The SMILES string of the molecule is COCCOC(=O)C1=C(C)NC2=C(C(=O)C[C@@H](c3ccccc3)C2)[C@@H]1c1cc2c(cc1[N+](=O)[O-])OCO2. The van der Waals surface area contributed by atoms with Crippen molar-refractivity contribution < 1.29 is 33.5 Å². The van der Waals surface area contributed by atoms with Crippen molar-refractivity contribution in [2.24, 2.45) is 0 Å². The summed E-state index contributed by atoms with van der Waals surface area (Å²) in [6.45, 7) is 1.82. The molecule has 2 atom stereocenters. The molecule has 10 nitrogen and oxygen atoms in total. The van der Waals surface area contributed by atoms with Gasteiger partial charge in [-0.25, -0.2) is 4.79 Å². The molecular formula is C27H26N2O8. The van der Waals surface area contributed by atoms with Gasteiger partial charge in [0.05, 0.1) is 29.1 Å². The summed E-state index contributed by atoms with van der Waals surface area (Å²) in [5.41, 5.74) is 2.53. The Morgan fingerprint density at radius 1 is 1.14 bits per heavy atom. The maximum Gasteiger partial charge on any atom is 0.336 e. The van der Waals surface area contributed by atoms with Gasteiger partial charge in [-0.05, 0) is 30.9 Å². The number of hydrogen-bond donors (Lipinski definition) is 1. The Morgan fingerprint density at radius 2 is 1.86 bits per heavy atom. The highest BCUT2D eigenvalue weighted by atomic mass is 16.7. The number of nitro groups is 1. The van der Waals surface area contributed by atoms with Crippen LogP contribution in [0.25, 0.3) is 0 Å². The summed E-state index contributed by atoms with van der Waals surface area (Å²) in [5, 5.41) is 15.4. The molecule has 10 heteroatoms. The van der Waals surface area contributed by atoms with Gasteiger partial charge in [0.1, 0.15) is 6.61 Å². The van der Waals surface area contributed by atoms with Crippen LogP contribution in [0.2, 0.25) is 0 Å². The van der Waals surface area contributed by atoms with Crippen LogP contribution in [-0.4, -0.2) is 43.8 Å². The van der Waals surface area contributed by atoms with Crippen LogP contribution < -0.4 is 14.8 Å². The van der Waals surface area contributed by atoms with E-state index >= 15 is 0 Å². The van der Waals surface area contributed by atoms with Gasteiger partial charge >= 0.3 is 5.97 Å². The number of carbonyl (C=O) groups excluding carboxylic acids is 2. The van der Waals surface area contributed by atoms with Gasteiger partial charge < -0.3 is 24.3 Å². The number of allylic oxidation sites excluding steroid dienone is 3. The Bertz CT molecular complexity index is 1330. The number of Topliss-reactive ketones (excluding diaryl/α,β-unsaturated/α-hetero) is 1. The molecule has 2 aromatic rings. The lowest BCUT2D eigenvalue weighted by Crippen LogP contribution is -2.36. The summed E-state index contributed by atoms with van der Waals surface area (Å²) in [5.74, 6) is -1.38. The number of esters is 1. The summed E-state index contributed by atoms with van der Waals surface area (Å²) in [6, 6.07) is 12.5. The molecule has 0 bridgehead atoms. The highest BCUT2D eigenvalue weighted by Gasteiger charge is 2.44. The third-order valence-electron chi connectivity index (χ3n) is 6.87. The summed E-state index contributed by atoms with van der Waals surface area (Å²) >= 11 is 0. The summed E-state index contributed by atoms with van der Waals surface area (Å²) in [7, 11) is 1.49. The first-order chi connectivity index (χ1) is 17.9. The number of nitro benzene ring substituents is 1. The van der Waals surface area contributed by atoms with Crippen LogP contribution in [0, 0.1) is 10.1 Å². The number of dihydropyridines is 1. The van der Waals surface area contributed by atoms with E-state index < -0.39 is 16.8 Å². The highest BCUT2D eigenvalue weighted by Crippen LogP contribution is 2.50. The maximum absolute atomic E-state index is 13.7. The largest absolute Gasteiger partial charge is 0.460 e. The molecule has 1 aliphatic carbocycles. The number of rotatable bonds is 7. The van der Waals surface area contributed by atoms with Gasteiger partial charge in [-0.3, -0.25) is 14.9 Å². The van der Waals surface area contributed by atoms with Gasteiger partial charge in [0.25, 0.3) is 5.69 Å². The van der Waals surface area contributed by atoms with Crippen LogP contribution in [-0.2, 0) is 19.1 Å². The molecule has 0 saturated heterocycles. The summed E-state index contributed by atoms with van der Waals surface area (Å²) in [4.78, 5) is 38.7. The van der Waals surface area contributed by atoms with E-state index in [-0.39, 0.29) is 60.7 Å². The number of ketones is 1. The number of methoxy groups -OCH3 is 1. The number of carbonyl (C=O) groups is 2. The van der Waals surface area contributed by atoms with Crippen molar-refractivity contribution in [1.82, 2.24) is 5.32 Å². The van der Waals surface area contributed by atoms with Crippen LogP contribution in [0.3, 0.4) is 0 Å². The van der Waals surface area contributed by atoms with Crippen molar-refractivity contribution in [3.05, 3.63) is 86.2 Å². The van der Waals surface area contributed by atoms with Crippen molar-refractivity contribution >= 4 is 17.4 Å². The zero-order chi connectivity index (χ0) is 26.1. The Morgan fingerprint density at radius 3 is 2.57 bits per heavy atom. The van der Waals surface area contributed by atoms with Crippen LogP contribution >= 0.6 is 0 Å². The molecule has 0 radical (unpaired) electrons. The van der Waals surface area contributed by atoms with Gasteiger partial charge in [0, 0.05) is 36.1 Å². The van der Waals surface area contributed by atoms with Crippen molar-refractivity contribution in [2.75, 3.05) is 27.1 Å². The fraction of sp³-hybridized carbons (Fsp3) is 0.333. The molecule has 2 heterocycles. The van der Waals surface area contributed by atoms with E-state index in [1.54, 1.807) is 6.92 Å². The van der Waals surface area contributed by atoms with Crippen LogP contribution in [0.5, 0.6) is 11.5 Å². The number of hydrogen-bond acceptors (Lipinski definition) is 9. The lowest BCUT2D eigenvalue weighted by Gasteiger charge is -2.36. The fourth-order valence-corrected chi connectivity index (χ4v) is 5.21. The first-order valence-corrected chi connectivity index (χ1v) is 11.9. The maximum atomic E-state index is 13.7. The van der Waals surface area contributed by atoms with Gasteiger partial charge in [0.2, 0.25) is 6.79 Å². The van der Waals surface area contributed by atoms with E-state index in [0.717, 1.165) is 5.56 Å². The quantitative estimate of drug-likeness (QED) is 0.258. The summed E-state index contributed by atoms with van der Waals surface area (Å²) < 4.78 is 21.2. The molecule has 0 unspecified atom stereocenters. The van der Waals surface area contributed by atoms with E-state index in [2.05, 4.69) is 5.32 Å². The van der Waals surface area contributed by atoms with Crippen molar-refractivity contribution in [3.63, 3.8) is 0 Å². The number of ether oxygens (including phenoxy) is 4. The lowest BCUT2D eigenvalue weighted by atomic mass is 9.71. The first-order valence-electron chi connectivity index (χ1n) is 11.9. The molecular weight excluding hydrogens is 480 g/mol. The van der Waals surface area contributed by atoms with E-state index in [1.807, 2.05) is 30.3 Å². The monoisotopic (exact) mass is 506 g/mol. The third kappa shape index (κ3) is 4.55. The second kappa shape index (κ2) is 10.1. The molecule has 0 amide bonds. The number of nitrogens with zero attached hydrogens (tertiary/aromatic N) is 1. The normalized spacial score (nSPS) is 20.4. The number of nitrogens with one attached hydrogen (secondary N) is 1. The van der Waals surface area contributed by atoms with Crippen molar-refractivity contribution in [3.8, 4) is 11.5 Å². The molecule has 2 aliphatic heterocycles. The molecule has 3 aliphatic rings. The molecule has 192 valence electrons. The van der Waals surface area contributed by atoms with Crippen molar-refractivity contribution in [2.45, 2.75) is 31.6 Å². The molecule has 37 heavy (non-hydrogen) atoms. The molecule has 0 saturated carbocycles. The topological polar surface area (TPSA) is 126 Å². The molecule has 5 rings (SSSR count). The van der Waals surface area contributed by atoms with Gasteiger partial charge in [0.15, 0.2) is 17.3 Å². The molecule has 0 spiro atoms. The smallest absolute Gasteiger partial charge is 0.336 e. The van der Waals surface area contributed by atoms with E-state index in [4.69, 9.17) is 18.9 Å². The third-order valence-corrected chi connectivity index (χ3v) is 6.87. The van der Waals surface area contributed by atoms with Gasteiger partial charge in [-0.1, -0.05) is 30.3 Å². The van der Waals surface area contributed by atoms with Crippen LogP contribution in [0.4, 0.5) is 5.69 Å². The predicted octanol–water partition coefficient (Wildman–Crippen LogP) is 3.87. The Hall–Kier alpha value is -4.18. The van der Waals surface area contributed by atoms with Crippen molar-refractivity contribution in [1.29, 1.82) is 0 Å². The van der Waals surface area contributed by atoms with Gasteiger partial charge in [-0.2, -0.15) is 0 Å². The number of benzene rings is 2. The Balaban J connectivity index is 1.65. The van der Waals surface area contributed by atoms with E-state index in [9.17, 15) is 19.7 Å². The average Bonchev–Trinajstić information content (AvgIpc) is 3.35. The minimum absolute atomic E-state index is 0.00199. The minimum Gasteiger partial charge on any atom is -0.460 e. The van der Waals surface area contributed by atoms with Gasteiger partial charge in [-0.15, -0.1) is 0 Å². The predicted molar refractivity (Wildman–Crippen MR) is 131 cm³/mol. The second-order valence-corrected chi connectivity index (χ2v) is 9.08. The zero-order valence-electron chi connectivity index (χ0n) is 20.4. The Kier molecular flexibility index (Phi) is 6.66. The van der Waals surface area contributed by atoms with E-state index in [0.29, 0.717) is 29.1 Å². The van der Waals surface area contributed by atoms with Crippen LogP contribution in [0.15, 0.2) is 65.0 Å². The molecule has 0 aromatic heterocycles. The molecule has 0 fully saturated rings. The van der Waals surface area contributed by atoms with E-state index in [1.165, 1.54) is 19.2 Å². The molecule has 1 N–H and O–H groups in total. The fourth-order valence-electron chi connectivity index (χ4n) is 5.21. The second-order valence-electron chi connectivity index (χ2n) is 9.08. The Labute approximate surface area is 213 Å². The van der Waals surface area contributed by atoms with Crippen LogP contribution in [0.1, 0.15) is 42.7 Å². The number of fused-ring (bicyclic) bond motifs is 1. The highest BCUT2D eigenvalue weighted by molar-refractivity contribution is 6.04. The standard InChI is InChI=1S/C27H26N2O8/c1-15-24(27(31)35-9-8-34-2)25(18-12-22-23(37-14-36-22)13-20(18)29(32)33)26-19(28-15)10-17(11-21(26)30)16-6-4-3-5-7-16/h3-7,12-13,17,25,28H,8-11,14H2,1-2H3/t17-,25+/m0/s1. The molecule has 2 aromatic carbocycles. The zero-order valence-corrected chi connectivity index (χ0v) is 20.4. The average molecular weight is 507 g/mol.